The molecular formula is C12H19ClF3N3O4S2. The molecule has 0 aliphatic carbocycles. The van der Waals surface area contributed by atoms with Crippen LogP contribution in [0.15, 0.2) is 23.1 Å². The molecule has 0 bridgehead atoms. The van der Waals surface area contributed by atoms with E-state index in [0.717, 1.165) is 12.1 Å². The van der Waals surface area contributed by atoms with Crippen LogP contribution >= 0.6 is 12.4 Å². The van der Waals surface area contributed by atoms with Crippen LogP contribution in [0.4, 0.5) is 18.9 Å². The Hall–Kier alpha value is -1.08. The van der Waals surface area contributed by atoms with Gasteiger partial charge in [-0.05, 0) is 24.6 Å². The molecule has 25 heavy (non-hydrogen) atoms. The molecule has 0 aromatic heterocycles. The van der Waals surface area contributed by atoms with E-state index in [4.69, 9.17) is 5.73 Å². The first-order valence-electron chi connectivity index (χ1n) is 6.80. The zero-order valence-electron chi connectivity index (χ0n) is 13.1. The van der Waals surface area contributed by atoms with E-state index >= 15 is 0 Å². The summed E-state index contributed by atoms with van der Waals surface area (Å²) < 4.78 is 90.4. The van der Waals surface area contributed by atoms with Crippen molar-refractivity contribution in [3.63, 3.8) is 0 Å². The summed E-state index contributed by atoms with van der Waals surface area (Å²) in [6, 6.07) is 2.33. The topological polar surface area (TPSA) is 118 Å². The Morgan fingerprint density at radius 3 is 2.28 bits per heavy atom. The SMILES string of the molecule is CCCS(=O)(=O)Nc1ccc(S(=O)(=O)NCC(F)(F)CN)cc1F.Cl. The Morgan fingerprint density at radius 1 is 1.20 bits per heavy atom. The lowest BCUT2D eigenvalue weighted by molar-refractivity contribution is 0.0170. The first-order valence-corrected chi connectivity index (χ1v) is 9.93. The lowest BCUT2D eigenvalue weighted by Gasteiger charge is -2.15. The second-order valence-corrected chi connectivity index (χ2v) is 8.56. The molecule has 0 aliphatic heterocycles. The third-order valence-corrected chi connectivity index (χ3v) is 5.68. The van der Waals surface area contributed by atoms with Crippen molar-refractivity contribution in [2.45, 2.75) is 24.2 Å². The van der Waals surface area contributed by atoms with Gasteiger partial charge in [0, 0.05) is 0 Å². The molecule has 1 aromatic rings. The fourth-order valence-corrected chi connectivity index (χ4v) is 3.80. The molecule has 1 aromatic carbocycles. The summed E-state index contributed by atoms with van der Waals surface area (Å²) in [5.74, 6) is -4.83. The standard InChI is InChI=1S/C12H18F3N3O4S2.ClH/c1-2-5-23(19,20)18-11-4-3-9(6-10(11)13)24(21,22)17-8-12(14,15)7-16;/h3-4,6,17-18H,2,5,7-8,16H2,1H3;1H. The van der Waals surface area contributed by atoms with Crippen LogP contribution < -0.4 is 15.2 Å². The highest BCUT2D eigenvalue weighted by atomic mass is 35.5. The minimum atomic E-state index is -4.40. The maximum absolute atomic E-state index is 13.9. The Morgan fingerprint density at radius 2 is 1.80 bits per heavy atom. The number of halogens is 4. The molecule has 0 unspecified atom stereocenters. The molecule has 0 saturated carbocycles. The molecule has 7 nitrogen and oxygen atoms in total. The number of alkyl halides is 2. The van der Waals surface area contributed by atoms with Crippen molar-refractivity contribution in [3.05, 3.63) is 24.0 Å². The van der Waals surface area contributed by atoms with Crippen LogP contribution in [-0.4, -0.2) is 41.6 Å². The van der Waals surface area contributed by atoms with Crippen molar-refractivity contribution in [3.8, 4) is 0 Å². The van der Waals surface area contributed by atoms with E-state index in [9.17, 15) is 30.0 Å². The molecule has 0 spiro atoms. The van der Waals surface area contributed by atoms with Crippen LogP contribution in [0, 0.1) is 5.82 Å². The van der Waals surface area contributed by atoms with Crippen LogP contribution in [0.3, 0.4) is 0 Å². The van der Waals surface area contributed by atoms with Gasteiger partial charge in [0.2, 0.25) is 20.0 Å². The fraction of sp³-hybridized carbons (Fsp3) is 0.500. The number of benzene rings is 1. The van der Waals surface area contributed by atoms with Gasteiger partial charge in [0.1, 0.15) is 5.82 Å². The van der Waals surface area contributed by atoms with Crippen LogP contribution in [0.1, 0.15) is 13.3 Å². The summed E-state index contributed by atoms with van der Waals surface area (Å²) >= 11 is 0. The minimum Gasteiger partial charge on any atom is -0.325 e. The van der Waals surface area contributed by atoms with Crippen LogP contribution in [0.2, 0.25) is 0 Å². The van der Waals surface area contributed by atoms with E-state index in [-0.39, 0.29) is 18.2 Å². The predicted molar refractivity (Wildman–Crippen MR) is 90.5 cm³/mol. The summed E-state index contributed by atoms with van der Waals surface area (Å²) in [5, 5.41) is 0. The number of anilines is 1. The molecule has 0 amide bonds. The largest absolute Gasteiger partial charge is 0.325 e. The van der Waals surface area contributed by atoms with Crippen molar-refractivity contribution in [2.24, 2.45) is 5.73 Å². The number of hydrogen-bond acceptors (Lipinski definition) is 5. The quantitative estimate of drug-likeness (QED) is 0.550. The maximum Gasteiger partial charge on any atom is 0.273 e. The van der Waals surface area contributed by atoms with Gasteiger partial charge in [0.25, 0.3) is 5.92 Å². The van der Waals surface area contributed by atoms with Gasteiger partial charge in [-0.3, -0.25) is 4.72 Å². The van der Waals surface area contributed by atoms with Gasteiger partial charge in [0.15, 0.2) is 0 Å². The summed E-state index contributed by atoms with van der Waals surface area (Å²) in [7, 11) is -8.16. The number of rotatable bonds is 9. The molecule has 0 atom stereocenters. The van der Waals surface area contributed by atoms with E-state index in [0.29, 0.717) is 12.5 Å². The van der Waals surface area contributed by atoms with Crippen molar-refractivity contribution < 1.29 is 30.0 Å². The second-order valence-electron chi connectivity index (χ2n) is 4.95. The highest BCUT2D eigenvalue weighted by Gasteiger charge is 2.29. The third kappa shape index (κ3) is 7.36. The van der Waals surface area contributed by atoms with Crippen LogP contribution in [-0.2, 0) is 20.0 Å². The molecule has 146 valence electrons. The van der Waals surface area contributed by atoms with Gasteiger partial charge in [-0.15, -0.1) is 12.4 Å². The Balaban J connectivity index is 0.00000576. The van der Waals surface area contributed by atoms with Crippen LogP contribution in [0.5, 0.6) is 0 Å². The Bertz CT molecular complexity index is 789. The van der Waals surface area contributed by atoms with Gasteiger partial charge in [-0.25, -0.2) is 34.7 Å². The molecule has 1 rings (SSSR count). The molecule has 0 fully saturated rings. The van der Waals surface area contributed by atoms with Crippen molar-refractivity contribution in [2.75, 3.05) is 23.6 Å². The number of hydrogen-bond donors (Lipinski definition) is 3. The predicted octanol–water partition coefficient (Wildman–Crippen LogP) is 1.27. The van der Waals surface area contributed by atoms with E-state index in [1.165, 1.54) is 0 Å². The lowest BCUT2D eigenvalue weighted by atomic mass is 10.3. The number of nitrogens with one attached hydrogen (secondary N) is 2. The molecule has 0 aliphatic rings. The van der Waals surface area contributed by atoms with Gasteiger partial charge in [0.05, 0.1) is 29.4 Å². The number of nitrogens with two attached hydrogens (primary N) is 1. The smallest absolute Gasteiger partial charge is 0.273 e. The molecule has 0 radical (unpaired) electrons. The summed E-state index contributed by atoms with van der Waals surface area (Å²) in [6.07, 6.45) is 0.308. The molecule has 0 heterocycles. The summed E-state index contributed by atoms with van der Waals surface area (Å²) in [4.78, 5) is -0.619. The summed E-state index contributed by atoms with van der Waals surface area (Å²) in [6.45, 7) is -0.672. The van der Waals surface area contributed by atoms with E-state index < -0.39 is 55.5 Å². The van der Waals surface area contributed by atoms with E-state index in [2.05, 4.69) is 0 Å². The lowest BCUT2D eigenvalue weighted by Crippen LogP contribution is -2.41. The Labute approximate surface area is 150 Å². The van der Waals surface area contributed by atoms with Crippen molar-refractivity contribution in [1.82, 2.24) is 4.72 Å². The highest BCUT2D eigenvalue weighted by molar-refractivity contribution is 7.92. The Kier molecular flexibility index (Phi) is 8.64. The molecule has 0 saturated heterocycles. The summed E-state index contributed by atoms with van der Waals surface area (Å²) in [5.41, 5.74) is 4.36. The maximum atomic E-state index is 13.9. The van der Waals surface area contributed by atoms with Gasteiger partial charge >= 0.3 is 0 Å². The average molecular weight is 426 g/mol. The molecule has 4 N–H and O–H groups in total. The first kappa shape index (κ1) is 23.9. The zero-order chi connectivity index (χ0) is 18.6. The van der Waals surface area contributed by atoms with Crippen molar-refractivity contribution in [1.29, 1.82) is 0 Å². The normalized spacial score (nSPS) is 12.5. The monoisotopic (exact) mass is 425 g/mol. The first-order chi connectivity index (χ1) is 10.9. The molecular weight excluding hydrogens is 407 g/mol. The minimum absolute atomic E-state index is 0. The van der Waals surface area contributed by atoms with E-state index in [1.807, 2.05) is 4.72 Å². The zero-order valence-corrected chi connectivity index (χ0v) is 15.6. The second kappa shape index (κ2) is 9.03. The van der Waals surface area contributed by atoms with Crippen LogP contribution in [0.25, 0.3) is 0 Å². The van der Waals surface area contributed by atoms with Crippen molar-refractivity contribution >= 4 is 38.1 Å². The molecule has 13 heteroatoms. The number of sulfonamides is 2. The van der Waals surface area contributed by atoms with Gasteiger partial charge < -0.3 is 5.73 Å². The van der Waals surface area contributed by atoms with Gasteiger partial charge in [-0.2, -0.15) is 0 Å². The highest BCUT2D eigenvalue weighted by Crippen LogP contribution is 2.21. The third-order valence-electron chi connectivity index (χ3n) is 2.81. The fourth-order valence-electron chi connectivity index (χ4n) is 1.59. The van der Waals surface area contributed by atoms with Gasteiger partial charge in [-0.1, -0.05) is 6.92 Å². The average Bonchev–Trinajstić information content (AvgIpc) is 2.47. The van der Waals surface area contributed by atoms with E-state index in [1.54, 1.807) is 11.6 Å².